The van der Waals surface area contributed by atoms with E-state index in [1.165, 1.54) is 96.3 Å². The molecule has 0 bridgehead atoms. The standard InChI is InChI=1S/C61H109NO9/c1-6-9-12-15-18-21-24-26-28-30-32-35-38-41-44-48-58(63)68-54-57(70-60(65)49-45-42-39-36-33-31-29-27-25-22-19-16-13-10-7-2)55-69-59(64)51-50-56(71-61(66)67-53-46-52-62(4)5)47-43-40-37-34-23-20-17-14-11-8-3/h18-19,21-22,26-29,56-57H,6-17,20,23-25,30-55H2,1-5H3/b21-18-,22-19-,28-26-,29-27-. The van der Waals surface area contributed by atoms with Crippen LogP contribution in [0.5, 0.6) is 0 Å². The Labute approximate surface area is 436 Å². The zero-order chi connectivity index (χ0) is 51.9. The Hall–Kier alpha value is -3.40. The Balaban J connectivity index is 5.04. The fourth-order valence-corrected chi connectivity index (χ4v) is 8.15. The third kappa shape index (κ3) is 52.7. The van der Waals surface area contributed by atoms with Crippen LogP contribution in [-0.4, -0.2) is 81.6 Å². The molecule has 0 spiro atoms. The van der Waals surface area contributed by atoms with Crippen LogP contribution in [0.2, 0.25) is 0 Å². The maximum atomic E-state index is 13.1. The number of hydrogen-bond acceptors (Lipinski definition) is 10. The van der Waals surface area contributed by atoms with Crippen molar-refractivity contribution in [2.24, 2.45) is 0 Å². The maximum absolute atomic E-state index is 13.1. The van der Waals surface area contributed by atoms with E-state index in [9.17, 15) is 19.2 Å². The van der Waals surface area contributed by atoms with Crippen molar-refractivity contribution in [1.29, 1.82) is 0 Å². The number of allylic oxidation sites excluding steroid dienone is 8. The molecule has 10 heteroatoms. The van der Waals surface area contributed by atoms with Gasteiger partial charge in [-0.3, -0.25) is 14.4 Å². The van der Waals surface area contributed by atoms with Gasteiger partial charge in [-0.1, -0.05) is 191 Å². The average molecular weight is 1000 g/mol. The van der Waals surface area contributed by atoms with Gasteiger partial charge < -0.3 is 28.6 Å². The van der Waals surface area contributed by atoms with Gasteiger partial charge in [0.15, 0.2) is 6.10 Å². The molecular formula is C61H109NO9. The Bertz CT molecular complexity index is 1340. The molecule has 0 amide bonds. The Kier molecular flexibility index (Phi) is 51.8. The van der Waals surface area contributed by atoms with Gasteiger partial charge in [-0.2, -0.15) is 0 Å². The first-order chi connectivity index (χ1) is 34.7. The van der Waals surface area contributed by atoms with E-state index in [2.05, 4.69) is 69.4 Å². The van der Waals surface area contributed by atoms with Crippen molar-refractivity contribution in [2.45, 2.75) is 277 Å². The second-order valence-electron chi connectivity index (χ2n) is 19.9. The first kappa shape index (κ1) is 67.6. The van der Waals surface area contributed by atoms with Crippen LogP contribution in [0.3, 0.4) is 0 Å². The molecular weight excluding hydrogens is 891 g/mol. The van der Waals surface area contributed by atoms with Crippen molar-refractivity contribution >= 4 is 24.1 Å². The van der Waals surface area contributed by atoms with Crippen molar-refractivity contribution in [1.82, 2.24) is 4.90 Å². The summed E-state index contributed by atoms with van der Waals surface area (Å²) in [6.45, 7) is 7.36. The average Bonchev–Trinajstić information content (AvgIpc) is 3.35. The van der Waals surface area contributed by atoms with Crippen LogP contribution < -0.4 is 0 Å². The fourth-order valence-electron chi connectivity index (χ4n) is 8.15. The Morgan fingerprint density at radius 3 is 1.25 bits per heavy atom. The Morgan fingerprint density at radius 1 is 0.380 bits per heavy atom. The van der Waals surface area contributed by atoms with Crippen molar-refractivity contribution in [3.63, 3.8) is 0 Å². The van der Waals surface area contributed by atoms with Gasteiger partial charge in [0.25, 0.3) is 0 Å². The molecule has 71 heavy (non-hydrogen) atoms. The molecule has 0 aromatic carbocycles. The summed E-state index contributed by atoms with van der Waals surface area (Å²) in [5.74, 6) is -1.24. The molecule has 0 radical (unpaired) electrons. The first-order valence-electron chi connectivity index (χ1n) is 29.3. The minimum atomic E-state index is -0.909. The normalized spacial score (nSPS) is 12.7. The molecule has 2 unspecified atom stereocenters. The van der Waals surface area contributed by atoms with E-state index < -0.39 is 30.3 Å². The number of carbonyl (C=O) groups excluding carboxylic acids is 4. The molecule has 412 valence electrons. The van der Waals surface area contributed by atoms with E-state index in [4.69, 9.17) is 23.7 Å². The minimum Gasteiger partial charge on any atom is -0.462 e. The van der Waals surface area contributed by atoms with E-state index in [0.29, 0.717) is 25.7 Å². The van der Waals surface area contributed by atoms with E-state index in [-0.39, 0.29) is 45.1 Å². The predicted octanol–water partition coefficient (Wildman–Crippen LogP) is 17.2. The molecule has 0 saturated heterocycles. The smallest absolute Gasteiger partial charge is 0.462 e. The maximum Gasteiger partial charge on any atom is 0.508 e. The second-order valence-corrected chi connectivity index (χ2v) is 19.9. The number of unbranched alkanes of at least 4 members (excludes halogenated alkanes) is 25. The monoisotopic (exact) mass is 1000 g/mol. The van der Waals surface area contributed by atoms with Gasteiger partial charge in [-0.15, -0.1) is 0 Å². The van der Waals surface area contributed by atoms with Crippen molar-refractivity contribution < 1.29 is 42.9 Å². The molecule has 0 fully saturated rings. The predicted molar refractivity (Wildman–Crippen MR) is 296 cm³/mol. The zero-order valence-electron chi connectivity index (χ0n) is 46.6. The summed E-state index contributed by atoms with van der Waals surface area (Å²) < 4.78 is 28.0. The highest BCUT2D eigenvalue weighted by Gasteiger charge is 2.22. The van der Waals surface area contributed by atoms with Gasteiger partial charge in [-0.05, 0) is 117 Å². The number of ether oxygens (including phenoxy) is 5. The Morgan fingerprint density at radius 2 is 0.775 bits per heavy atom. The van der Waals surface area contributed by atoms with E-state index in [0.717, 1.165) is 109 Å². The molecule has 0 heterocycles. The molecule has 0 rings (SSSR count). The summed E-state index contributed by atoms with van der Waals surface area (Å²) in [6.07, 6.45) is 54.2. The number of carbonyl (C=O) groups is 4. The van der Waals surface area contributed by atoms with Gasteiger partial charge in [0, 0.05) is 25.8 Å². The van der Waals surface area contributed by atoms with Crippen LogP contribution in [0.4, 0.5) is 4.79 Å². The lowest BCUT2D eigenvalue weighted by molar-refractivity contribution is -0.167. The number of nitrogens with zero attached hydrogens (tertiary/aromatic N) is 1. The summed E-state index contributed by atoms with van der Waals surface area (Å²) in [5, 5.41) is 0. The van der Waals surface area contributed by atoms with Gasteiger partial charge >= 0.3 is 24.1 Å². The van der Waals surface area contributed by atoms with Crippen molar-refractivity contribution in [2.75, 3.05) is 40.5 Å². The largest absolute Gasteiger partial charge is 0.508 e. The van der Waals surface area contributed by atoms with Crippen LogP contribution in [0.1, 0.15) is 265 Å². The van der Waals surface area contributed by atoms with Crippen LogP contribution in [0, 0.1) is 0 Å². The molecule has 0 aliphatic carbocycles. The molecule has 0 aliphatic rings. The van der Waals surface area contributed by atoms with E-state index >= 15 is 0 Å². The van der Waals surface area contributed by atoms with Gasteiger partial charge in [-0.25, -0.2) is 4.79 Å². The lowest BCUT2D eigenvalue weighted by Crippen LogP contribution is -2.31. The van der Waals surface area contributed by atoms with Gasteiger partial charge in [0.1, 0.15) is 19.3 Å². The highest BCUT2D eigenvalue weighted by Crippen LogP contribution is 2.18. The summed E-state index contributed by atoms with van der Waals surface area (Å²) >= 11 is 0. The van der Waals surface area contributed by atoms with E-state index in [1.54, 1.807) is 0 Å². The molecule has 0 saturated carbocycles. The number of rotatable bonds is 52. The minimum absolute atomic E-state index is 0.0234. The van der Waals surface area contributed by atoms with Gasteiger partial charge in [0.2, 0.25) is 0 Å². The number of esters is 3. The molecule has 10 nitrogen and oxygen atoms in total. The molecule has 0 aliphatic heterocycles. The van der Waals surface area contributed by atoms with Crippen LogP contribution in [-0.2, 0) is 38.1 Å². The SMILES string of the molecule is CCCCC/C=C\C/C=C\CCCCCCCC(=O)OCC(COC(=O)CCC(CCCCCCCCCCCC)OC(=O)OCCCN(C)C)OC(=O)CCCCCCC/C=C\C/C=C\CCCCC. The fraction of sp³-hybridized carbons (Fsp3) is 0.803. The van der Waals surface area contributed by atoms with E-state index in [1.807, 2.05) is 19.0 Å². The topological polar surface area (TPSA) is 118 Å². The molecule has 0 N–H and O–H groups in total. The van der Waals surface area contributed by atoms with Crippen LogP contribution >= 0.6 is 0 Å². The lowest BCUT2D eigenvalue weighted by atomic mass is 10.0. The molecule has 0 aromatic heterocycles. The second kappa shape index (κ2) is 54.4. The van der Waals surface area contributed by atoms with Crippen molar-refractivity contribution in [3.05, 3.63) is 48.6 Å². The zero-order valence-corrected chi connectivity index (χ0v) is 46.6. The van der Waals surface area contributed by atoms with Crippen molar-refractivity contribution in [3.8, 4) is 0 Å². The van der Waals surface area contributed by atoms with Crippen LogP contribution in [0.15, 0.2) is 48.6 Å². The van der Waals surface area contributed by atoms with Gasteiger partial charge in [0.05, 0.1) is 6.61 Å². The lowest BCUT2D eigenvalue weighted by Gasteiger charge is -2.20. The molecule has 2 atom stereocenters. The highest BCUT2D eigenvalue weighted by atomic mass is 16.7. The molecule has 0 aromatic rings. The number of hydrogen-bond donors (Lipinski definition) is 0. The third-order valence-electron chi connectivity index (χ3n) is 12.6. The summed E-state index contributed by atoms with van der Waals surface area (Å²) in [6, 6.07) is 0. The quantitative estimate of drug-likeness (QED) is 0.0252. The highest BCUT2D eigenvalue weighted by molar-refractivity contribution is 5.71. The summed E-state index contributed by atoms with van der Waals surface area (Å²) in [4.78, 5) is 53.5. The summed E-state index contributed by atoms with van der Waals surface area (Å²) in [5.41, 5.74) is 0. The first-order valence-corrected chi connectivity index (χ1v) is 29.3. The third-order valence-corrected chi connectivity index (χ3v) is 12.6. The van der Waals surface area contributed by atoms with Crippen LogP contribution in [0.25, 0.3) is 0 Å². The summed E-state index contributed by atoms with van der Waals surface area (Å²) in [7, 11) is 3.94.